The summed E-state index contributed by atoms with van der Waals surface area (Å²) in [6.45, 7) is 3.90. The molecule has 0 aromatic carbocycles. The predicted octanol–water partition coefficient (Wildman–Crippen LogP) is 1.42. The molecule has 0 aliphatic carbocycles. The lowest BCUT2D eigenvalue weighted by molar-refractivity contribution is 0.0569. The number of ether oxygens (including phenoxy) is 1. The van der Waals surface area contributed by atoms with Gasteiger partial charge in [-0.3, -0.25) is 4.68 Å². The zero-order valence-electron chi connectivity index (χ0n) is 9.63. The summed E-state index contributed by atoms with van der Waals surface area (Å²) in [6.07, 6.45) is 5.13. The minimum atomic E-state index is -0.0431. The van der Waals surface area contributed by atoms with Gasteiger partial charge in [0.2, 0.25) is 0 Å². The second-order valence-corrected chi connectivity index (χ2v) is 5.20. The lowest BCUT2D eigenvalue weighted by Crippen LogP contribution is -2.34. The Kier molecular flexibility index (Phi) is 4.26. The Morgan fingerprint density at radius 3 is 3.31 bits per heavy atom. The van der Waals surface area contributed by atoms with Crippen molar-refractivity contribution in [3.05, 3.63) is 18.0 Å². The standard InChI is InChI=1S/C11H19N3OS/c1-2-3-14-7-9(6-13-14)11(12)10-8-16-5-4-15-10/h6-7,10-11H,2-5,8,12H2,1H3. The normalized spacial score (nSPS) is 23.2. The van der Waals surface area contributed by atoms with Gasteiger partial charge in [0, 0.05) is 29.8 Å². The monoisotopic (exact) mass is 241 g/mol. The maximum atomic E-state index is 6.19. The van der Waals surface area contributed by atoms with Gasteiger partial charge < -0.3 is 10.5 Å². The van der Waals surface area contributed by atoms with Crippen LogP contribution in [0.5, 0.6) is 0 Å². The third kappa shape index (κ3) is 2.78. The first kappa shape index (κ1) is 12.0. The predicted molar refractivity (Wildman–Crippen MR) is 66.5 cm³/mol. The van der Waals surface area contributed by atoms with E-state index in [4.69, 9.17) is 10.5 Å². The molecule has 0 bridgehead atoms. The van der Waals surface area contributed by atoms with Crippen molar-refractivity contribution in [2.45, 2.75) is 32.0 Å². The Balaban J connectivity index is 1.98. The molecule has 90 valence electrons. The molecule has 2 rings (SSSR count). The average molecular weight is 241 g/mol. The van der Waals surface area contributed by atoms with Crippen molar-refractivity contribution in [3.63, 3.8) is 0 Å². The van der Waals surface area contributed by atoms with Crippen LogP contribution in [0.4, 0.5) is 0 Å². The van der Waals surface area contributed by atoms with Crippen LogP contribution in [0.2, 0.25) is 0 Å². The van der Waals surface area contributed by atoms with Crippen molar-refractivity contribution in [3.8, 4) is 0 Å². The highest BCUT2D eigenvalue weighted by Gasteiger charge is 2.23. The molecule has 2 atom stereocenters. The zero-order valence-corrected chi connectivity index (χ0v) is 10.4. The SMILES string of the molecule is CCCn1cc(C(N)C2CSCCO2)cn1. The van der Waals surface area contributed by atoms with Crippen LogP contribution >= 0.6 is 11.8 Å². The maximum absolute atomic E-state index is 6.19. The van der Waals surface area contributed by atoms with Crippen molar-refractivity contribution in [2.75, 3.05) is 18.1 Å². The molecule has 1 aromatic heterocycles. The van der Waals surface area contributed by atoms with E-state index in [1.165, 1.54) is 0 Å². The molecule has 0 amide bonds. The number of thioether (sulfide) groups is 1. The summed E-state index contributed by atoms with van der Waals surface area (Å²) in [5.41, 5.74) is 7.27. The first-order valence-corrected chi connectivity index (χ1v) is 6.94. The highest BCUT2D eigenvalue weighted by Crippen LogP contribution is 2.23. The van der Waals surface area contributed by atoms with Crippen LogP contribution in [-0.4, -0.2) is 34.0 Å². The second-order valence-electron chi connectivity index (χ2n) is 4.05. The van der Waals surface area contributed by atoms with E-state index in [1.807, 2.05) is 28.8 Å². The van der Waals surface area contributed by atoms with Crippen LogP contribution in [0.15, 0.2) is 12.4 Å². The lowest BCUT2D eigenvalue weighted by Gasteiger charge is -2.26. The number of rotatable bonds is 4. The Morgan fingerprint density at radius 2 is 2.62 bits per heavy atom. The molecule has 1 aliphatic heterocycles. The molecule has 2 unspecified atom stereocenters. The number of aryl methyl sites for hydroxylation is 1. The smallest absolute Gasteiger partial charge is 0.0859 e. The fraction of sp³-hybridized carbons (Fsp3) is 0.727. The topological polar surface area (TPSA) is 53.1 Å². The zero-order chi connectivity index (χ0) is 11.4. The summed E-state index contributed by atoms with van der Waals surface area (Å²) in [5, 5.41) is 4.30. The van der Waals surface area contributed by atoms with Gasteiger partial charge in [-0.1, -0.05) is 6.92 Å². The number of aromatic nitrogens is 2. The Bertz CT molecular complexity index is 323. The number of hydrogen-bond donors (Lipinski definition) is 1. The Labute approximate surface area is 101 Å². The van der Waals surface area contributed by atoms with Crippen LogP contribution < -0.4 is 5.73 Å². The summed E-state index contributed by atoms with van der Waals surface area (Å²) >= 11 is 1.91. The van der Waals surface area contributed by atoms with Gasteiger partial charge in [0.1, 0.15) is 0 Å². The molecule has 2 N–H and O–H groups in total. The molecule has 1 aromatic rings. The molecule has 4 nitrogen and oxygen atoms in total. The van der Waals surface area contributed by atoms with Gasteiger partial charge in [0.25, 0.3) is 0 Å². The number of nitrogens with zero attached hydrogens (tertiary/aromatic N) is 2. The molecule has 1 aliphatic rings. The van der Waals surface area contributed by atoms with E-state index >= 15 is 0 Å². The van der Waals surface area contributed by atoms with Crippen molar-refractivity contribution in [1.29, 1.82) is 0 Å². The first-order chi connectivity index (χ1) is 7.81. The van der Waals surface area contributed by atoms with E-state index in [0.717, 1.165) is 36.6 Å². The van der Waals surface area contributed by atoms with Gasteiger partial charge in [-0.2, -0.15) is 16.9 Å². The Morgan fingerprint density at radius 1 is 1.75 bits per heavy atom. The molecule has 0 radical (unpaired) electrons. The van der Waals surface area contributed by atoms with E-state index in [-0.39, 0.29) is 12.1 Å². The van der Waals surface area contributed by atoms with E-state index in [9.17, 15) is 0 Å². The third-order valence-electron chi connectivity index (χ3n) is 2.73. The van der Waals surface area contributed by atoms with Gasteiger partial charge in [-0.25, -0.2) is 0 Å². The average Bonchev–Trinajstić information content (AvgIpc) is 2.78. The molecular weight excluding hydrogens is 222 g/mol. The second kappa shape index (κ2) is 5.70. The molecule has 1 fully saturated rings. The summed E-state index contributed by atoms with van der Waals surface area (Å²) in [7, 11) is 0. The van der Waals surface area contributed by atoms with Crippen LogP contribution in [0.25, 0.3) is 0 Å². The van der Waals surface area contributed by atoms with Crippen molar-refractivity contribution < 1.29 is 4.74 Å². The largest absolute Gasteiger partial charge is 0.375 e. The highest BCUT2D eigenvalue weighted by atomic mass is 32.2. The lowest BCUT2D eigenvalue weighted by atomic mass is 10.1. The van der Waals surface area contributed by atoms with Crippen LogP contribution in [0.3, 0.4) is 0 Å². The van der Waals surface area contributed by atoms with Gasteiger partial charge in [0.05, 0.1) is 24.9 Å². The number of nitrogens with two attached hydrogens (primary N) is 1. The van der Waals surface area contributed by atoms with Crippen LogP contribution in [-0.2, 0) is 11.3 Å². The quantitative estimate of drug-likeness (QED) is 0.866. The van der Waals surface area contributed by atoms with E-state index < -0.39 is 0 Å². The van der Waals surface area contributed by atoms with E-state index in [2.05, 4.69) is 12.0 Å². The van der Waals surface area contributed by atoms with E-state index in [0.29, 0.717) is 0 Å². The molecule has 2 heterocycles. The highest BCUT2D eigenvalue weighted by molar-refractivity contribution is 7.99. The third-order valence-corrected chi connectivity index (χ3v) is 3.75. The first-order valence-electron chi connectivity index (χ1n) is 5.78. The fourth-order valence-electron chi connectivity index (χ4n) is 1.83. The molecule has 0 spiro atoms. The van der Waals surface area contributed by atoms with Crippen LogP contribution in [0.1, 0.15) is 24.9 Å². The molecule has 1 saturated heterocycles. The summed E-state index contributed by atoms with van der Waals surface area (Å²) in [6, 6.07) is -0.0431. The van der Waals surface area contributed by atoms with Gasteiger partial charge >= 0.3 is 0 Å². The van der Waals surface area contributed by atoms with Gasteiger partial charge in [-0.05, 0) is 6.42 Å². The summed E-state index contributed by atoms with van der Waals surface area (Å²) in [5.74, 6) is 2.07. The van der Waals surface area contributed by atoms with Crippen LogP contribution in [0, 0.1) is 0 Å². The minimum Gasteiger partial charge on any atom is -0.375 e. The van der Waals surface area contributed by atoms with Gasteiger partial charge in [-0.15, -0.1) is 0 Å². The maximum Gasteiger partial charge on any atom is 0.0859 e. The van der Waals surface area contributed by atoms with Crippen molar-refractivity contribution in [2.24, 2.45) is 5.73 Å². The molecule has 0 saturated carbocycles. The molecule has 5 heteroatoms. The minimum absolute atomic E-state index is 0.0431. The summed E-state index contributed by atoms with van der Waals surface area (Å²) < 4.78 is 7.63. The van der Waals surface area contributed by atoms with Crippen molar-refractivity contribution >= 4 is 11.8 Å². The molecular formula is C11H19N3OS. The number of hydrogen-bond acceptors (Lipinski definition) is 4. The Hall–Kier alpha value is -0.520. The van der Waals surface area contributed by atoms with Gasteiger partial charge in [0.15, 0.2) is 0 Å². The van der Waals surface area contributed by atoms with E-state index in [1.54, 1.807) is 0 Å². The molecule has 16 heavy (non-hydrogen) atoms. The fourth-order valence-corrected chi connectivity index (χ4v) is 2.75. The van der Waals surface area contributed by atoms with Crippen molar-refractivity contribution in [1.82, 2.24) is 9.78 Å². The summed E-state index contributed by atoms with van der Waals surface area (Å²) in [4.78, 5) is 0.